The van der Waals surface area contributed by atoms with Gasteiger partial charge in [-0.15, -0.1) is 0 Å². The Labute approximate surface area is 119 Å². The van der Waals surface area contributed by atoms with Crippen LogP contribution in [-0.2, 0) is 4.79 Å². The molecule has 0 radical (unpaired) electrons. The quantitative estimate of drug-likeness (QED) is 0.822. The van der Waals surface area contributed by atoms with Gasteiger partial charge in [0.15, 0.2) is 0 Å². The minimum atomic E-state index is -4.24. The number of halogens is 3. The van der Waals surface area contributed by atoms with E-state index in [0.717, 1.165) is 11.3 Å². The van der Waals surface area contributed by atoms with E-state index >= 15 is 0 Å². The summed E-state index contributed by atoms with van der Waals surface area (Å²) in [5.41, 5.74) is -2.12. The van der Waals surface area contributed by atoms with Crippen molar-refractivity contribution in [3.8, 4) is 0 Å². The minimum absolute atomic E-state index is 0.0325. The summed E-state index contributed by atoms with van der Waals surface area (Å²) in [7, 11) is 0. The van der Waals surface area contributed by atoms with E-state index in [0.29, 0.717) is 13.0 Å². The van der Waals surface area contributed by atoms with Crippen LogP contribution in [0.2, 0.25) is 0 Å². The number of anilines is 1. The number of benzene rings is 1. The Hall–Kier alpha value is -1.37. The highest BCUT2D eigenvalue weighted by molar-refractivity contribution is 8.00. The van der Waals surface area contributed by atoms with Gasteiger partial charge in [-0.1, -0.05) is 18.2 Å². The molecule has 3 nitrogen and oxygen atoms in total. The normalized spacial score (nSPS) is 17.4. The second kappa shape index (κ2) is 6.39. The highest BCUT2D eigenvalue weighted by Gasteiger charge is 2.28. The van der Waals surface area contributed by atoms with Crippen molar-refractivity contribution in [3.05, 3.63) is 29.8 Å². The van der Waals surface area contributed by atoms with E-state index in [4.69, 9.17) is 0 Å². The molecule has 0 saturated carbocycles. The smallest absolute Gasteiger partial charge is 0.384 e. The molecule has 1 aliphatic rings. The Morgan fingerprint density at radius 2 is 2.15 bits per heavy atom. The van der Waals surface area contributed by atoms with Crippen LogP contribution in [-0.4, -0.2) is 30.3 Å². The van der Waals surface area contributed by atoms with Gasteiger partial charge in [0.25, 0.3) is 0 Å². The summed E-state index contributed by atoms with van der Waals surface area (Å²) in [6, 6.07) is 7.75. The van der Waals surface area contributed by atoms with Crippen LogP contribution in [0.3, 0.4) is 0 Å². The monoisotopic (exact) mass is 304 g/mol. The number of hydrogen-bond donors (Lipinski definition) is 2. The van der Waals surface area contributed by atoms with Crippen LogP contribution >= 0.6 is 11.8 Å². The molecule has 1 aliphatic heterocycles. The van der Waals surface area contributed by atoms with Crippen molar-refractivity contribution in [1.82, 2.24) is 5.32 Å². The van der Waals surface area contributed by atoms with Crippen LogP contribution in [0.25, 0.3) is 0 Å². The van der Waals surface area contributed by atoms with Gasteiger partial charge in [-0.05, 0) is 23.4 Å². The number of carbonyl (C=O) groups excluding carboxylic acids is 1. The van der Waals surface area contributed by atoms with E-state index in [2.05, 4.69) is 10.6 Å². The summed E-state index contributed by atoms with van der Waals surface area (Å²) in [5, 5.41) is 5.74. The van der Waals surface area contributed by atoms with E-state index in [1.54, 1.807) is 0 Å². The molecule has 0 aromatic heterocycles. The van der Waals surface area contributed by atoms with E-state index in [1.807, 2.05) is 24.3 Å². The van der Waals surface area contributed by atoms with Crippen molar-refractivity contribution < 1.29 is 18.0 Å². The molecule has 1 unspecified atom stereocenters. The fourth-order valence-corrected chi connectivity index (χ4v) is 2.63. The molecule has 1 aromatic carbocycles. The molecule has 0 fully saturated rings. The zero-order chi connectivity index (χ0) is 14.6. The molecule has 7 heteroatoms. The number of nitrogens with one attached hydrogen (secondary N) is 2. The van der Waals surface area contributed by atoms with Gasteiger partial charge < -0.3 is 10.6 Å². The summed E-state index contributed by atoms with van der Waals surface area (Å²) >= 11 is -0.120. The van der Waals surface area contributed by atoms with Gasteiger partial charge in [0.05, 0.1) is 0 Å². The van der Waals surface area contributed by atoms with Crippen LogP contribution in [0.4, 0.5) is 18.9 Å². The van der Waals surface area contributed by atoms with Crippen LogP contribution in [0.5, 0.6) is 0 Å². The maximum absolute atomic E-state index is 11.9. The second-order valence-electron chi connectivity index (χ2n) is 4.51. The number of fused-ring (bicyclic) bond motifs is 1. The molecular formula is C13H15F3N2OS. The lowest BCUT2D eigenvalue weighted by Gasteiger charge is -2.11. The van der Waals surface area contributed by atoms with Crippen molar-refractivity contribution in [2.24, 2.45) is 0 Å². The van der Waals surface area contributed by atoms with E-state index in [9.17, 15) is 18.0 Å². The Kier molecular flexibility index (Phi) is 4.80. The third-order valence-corrected chi connectivity index (χ3v) is 3.80. The number of para-hydroxylation sites is 1. The number of rotatable bonds is 5. The summed E-state index contributed by atoms with van der Waals surface area (Å²) in [5.74, 6) is -0.285. The first kappa shape index (κ1) is 15.0. The standard InChI is InChI=1S/C13H15F3N2OS/c14-13(15,16)20-6-5-17-12(19)7-9-8-18-11-4-2-1-3-10(9)11/h1-4,9,18H,5-8H2,(H,17,19). The Morgan fingerprint density at radius 1 is 1.40 bits per heavy atom. The molecule has 0 saturated heterocycles. The SMILES string of the molecule is O=C(CC1CNc2ccccc21)NCCSC(F)(F)F. The number of thioether (sulfide) groups is 1. The van der Waals surface area contributed by atoms with Gasteiger partial charge in [0, 0.05) is 36.9 Å². The van der Waals surface area contributed by atoms with Gasteiger partial charge >= 0.3 is 5.51 Å². The van der Waals surface area contributed by atoms with Gasteiger partial charge in [-0.2, -0.15) is 13.2 Å². The molecule has 1 atom stereocenters. The Bertz CT molecular complexity index is 479. The minimum Gasteiger partial charge on any atom is -0.384 e. The average Bonchev–Trinajstić information content (AvgIpc) is 2.77. The summed E-state index contributed by atoms with van der Waals surface area (Å²) in [6.07, 6.45) is 0.292. The first-order valence-electron chi connectivity index (χ1n) is 6.26. The fraction of sp³-hybridized carbons (Fsp3) is 0.462. The molecule has 110 valence electrons. The fourth-order valence-electron chi connectivity index (χ4n) is 2.19. The van der Waals surface area contributed by atoms with E-state index < -0.39 is 5.51 Å². The first-order chi connectivity index (χ1) is 9.46. The summed E-state index contributed by atoms with van der Waals surface area (Å²) < 4.78 is 35.7. The second-order valence-corrected chi connectivity index (χ2v) is 5.67. The molecule has 2 N–H and O–H groups in total. The molecule has 0 spiro atoms. The van der Waals surface area contributed by atoms with Crippen molar-refractivity contribution in [3.63, 3.8) is 0 Å². The Balaban J connectivity index is 1.73. The Morgan fingerprint density at radius 3 is 2.90 bits per heavy atom. The third-order valence-electron chi connectivity index (χ3n) is 3.06. The summed E-state index contributed by atoms with van der Waals surface area (Å²) in [6.45, 7) is 0.717. The molecule has 1 aromatic rings. The van der Waals surface area contributed by atoms with E-state index in [1.165, 1.54) is 0 Å². The van der Waals surface area contributed by atoms with Crippen molar-refractivity contribution in [2.45, 2.75) is 17.8 Å². The topological polar surface area (TPSA) is 41.1 Å². The van der Waals surface area contributed by atoms with Gasteiger partial charge in [-0.3, -0.25) is 4.79 Å². The lowest BCUT2D eigenvalue weighted by atomic mass is 9.98. The third kappa shape index (κ3) is 4.33. The zero-order valence-corrected chi connectivity index (χ0v) is 11.5. The maximum atomic E-state index is 11.9. The molecule has 1 amide bonds. The molecule has 0 aliphatic carbocycles. The highest BCUT2D eigenvalue weighted by Crippen LogP contribution is 2.33. The van der Waals surface area contributed by atoms with Crippen molar-refractivity contribution in [1.29, 1.82) is 0 Å². The molecule has 2 rings (SSSR count). The van der Waals surface area contributed by atoms with Crippen LogP contribution in [0.15, 0.2) is 24.3 Å². The lowest BCUT2D eigenvalue weighted by Crippen LogP contribution is -2.28. The predicted molar refractivity (Wildman–Crippen MR) is 73.8 cm³/mol. The molecule has 1 heterocycles. The van der Waals surface area contributed by atoms with E-state index in [-0.39, 0.29) is 35.9 Å². The van der Waals surface area contributed by atoms with Crippen LogP contribution in [0, 0.1) is 0 Å². The lowest BCUT2D eigenvalue weighted by molar-refractivity contribution is -0.121. The zero-order valence-electron chi connectivity index (χ0n) is 10.7. The number of hydrogen-bond acceptors (Lipinski definition) is 3. The van der Waals surface area contributed by atoms with Crippen LogP contribution in [0.1, 0.15) is 17.9 Å². The number of alkyl halides is 3. The highest BCUT2D eigenvalue weighted by atomic mass is 32.2. The predicted octanol–water partition coefficient (Wildman–Crippen LogP) is 2.96. The van der Waals surface area contributed by atoms with Crippen molar-refractivity contribution >= 4 is 23.4 Å². The average molecular weight is 304 g/mol. The van der Waals surface area contributed by atoms with Gasteiger partial charge in [0.2, 0.25) is 5.91 Å². The van der Waals surface area contributed by atoms with Gasteiger partial charge in [0.1, 0.15) is 0 Å². The van der Waals surface area contributed by atoms with Gasteiger partial charge in [-0.25, -0.2) is 0 Å². The van der Waals surface area contributed by atoms with Crippen molar-refractivity contribution in [2.75, 3.05) is 24.2 Å². The molecule has 20 heavy (non-hydrogen) atoms. The first-order valence-corrected chi connectivity index (χ1v) is 7.24. The summed E-state index contributed by atoms with van der Waals surface area (Å²) in [4.78, 5) is 11.7. The number of amides is 1. The maximum Gasteiger partial charge on any atom is 0.441 e. The molecule has 0 bridgehead atoms. The largest absolute Gasteiger partial charge is 0.441 e. The molecular weight excluding hydrogens is 289 g/mol. The van der Waals surface area contributed by atoms with Crippen LogP contribution < -0.4 is 10.6 Å². The number of carbonyl (C=O) groups is 1.